The Morgan fingerprint density at radius 3 is 2.56 bits per heavy atom. The van der Waals surface area contributed by atoms with Crippen molar-refractivity contribution in [3.05, 3.63) is 71.4 Å². The fraction of sp³-hybridized carbons (Fsp3) is 0.111. The topological polar surface area (TPSA) is 55.1 Å². The molecule has 1 aromatic heterocycles. The number of hydrogen-bond acceptors (Lipinski definition) is 2. The lowest BCUT2D eigenvalue weighted by Crippen LogP contribution is -2.09. The van der Waals surface area contributed by atoms with Gasteiger partial charge in [-0.05, 0) is 42.8 Å². The maximum atomic E-state index is 13.0. The van der Waals surface area contributed by atoms with Gasteiger partial charge in [0.05, 0.1) is 22.5 Å². The predicted molar refractivity (Wildman–Crippen MR) is 85.7 cm³/mol. The van der Waals surface area contributed by atoms with Crippen LogP contribution >= 0.6 is 0 Å². The molecule has 0 bridgehead atoms. The number of carboxylic acid groups (broad SMARTS) is 1. The fourth-order valence-electron chi connectivity index (χ4n) is 2.49. The van der Waals surface area contributed by atoms with Gasteiger partial charge < -0.3 is 5.11 Å². The van der Waals surface area contributed by atoms with Crippen LogP contribution in [0, 0.1) is 6.92 Å². The lowest BCUT2D eigenvalue weighted by molar-refractivity contribution is -0.138. The minimum Gasteiger partial charge on any atom is -0.478 e. The van der Waals surface area contributed by atoms with Crippen molar-refractivity contribution in [1.29, 1.82) is 0 Å². The first-order chi connectivity index (χ1) is 11.8. The Kier molecular flexibility index (Phi) is 4.08. The lowest BCUT2D eigenvalue weighted by atomic mass is 10.1. The van der Waals surface area contributed by atoms with Crippen LogP contribution in [0.4, 0.5) is 13.2 Å². The Bertz CT molecular complexity index is 945. The number of rotatable bonds is 3. The smallest absolute Gasteiger partial charge is 0.416 e. The third-order valence-electron chi connectivity index (χ3n) is 3.79. The standard InChI is InChI=1S/C18H13F3N2O2/c1-11-5-6-14(10-15(11)18(19,20)21)23-8-7-16(22-23)12-3-2-4-13(9-12)17(24)25/h2-10H,1H3,(H,24,25). The number of hydrogen-bond donors (Lipinski definition) is 1. The molecule has 0 unspecified atom stereocenters. The zero-order valence-corrected chi connectivity index (χ0v) is 13.1. The number of nitrogens with zero attached hydrogens (tertiary/aromatic N) is 2. The first-order valence-electron chi connectivity index (χ1n) is 7.33. The normalized spacial score (nSPS) is 11.5. The molecule has 1 N–H and O–H groups in total. The number of carbonyl (C=O) groups is 1. The number of benzene rings is 2. The molecule has 7 heteroatoms. The molecule has 0 fully saturated rings. The average molecular weight is 346 g/mol. The van der Waals surface area contributed by atoms with E-state index in [-0.39, 0.29) is 16.8 Å². The van der Waals surface area contributed by atoms with E-state index >= 15 is 0 Å². The van der Waals surface area contributed by atoms with E-state index in [1.165, 1.54) is 36.0 Å². The van der Waals surface area contributed by atoms with Gasteiger partial charge in [0, 0.05) is 11.8 Å². The molecule has 0 saturated heterocycles. The third kappa shape index (κ3) is 3.40. The van der Waals surface area contributed by atoms with Crippen LogP contribution in [0.15, 0.2) is 54.7 Å². The second-order valence-corrected chi connectivity index (χ2v) is 5.53. The van der Waals surface area contributed by atoms with Crippen molar-refractivity contribution >= 4 is 5.97 Å². The minimum absolute atomic E-state index is 0.113. The summed E-state index contributed by atoms with van der Waals surface area (Å²) in [6.07, 6.45) is -2.90. The monoisotopic (exact) mass is 346 g/mol. The number of carboxylic acids is 1. The summed E-state index contributed by atoms with van der Waals surface area (Å²) in [5, 5.41) is 13.3. The first kappa shape index (κ1) is 16.8. The van der Waals surface area contributed by atoms with Crippen molar-refractivity contribution in [3.63, 3.8) is 0 Å². The van der Waals surface area contributed by atoms with Gasteiger partial charge in [-0.15, -0.1) is 0 Å². The van der Waals surface area contributed by atoms with Gasteiger partial charge >= 0.3 is 12.1 Å². The Balaban J connectivity index is 2.00. The second-order valence-electron chi connectivity index (χ2n) is 5.53. The SMILES string of the molecule is Cc1ccc(-n2ccc(-c3cccc(C(=O)O)c3)n2)cc1C(F)(F)F. The maximum Gasteiger partial charge on any atom is 0.416 e. The van der Waals surface area contributed by atoms with Gasteiger partial charge in [-0.3, -0.25) is 0 Å². The number of aryl methyl sites for hydroxylation is 1. The summed E-state index contributed by atoms with van der Waals surface area (Å²) >= 11 is 0. The molecule has 0 amide bonds. The molecule has 0 saturated carbocycles. The van der Waals surface area contributed by atoms with Gasteiger partial charge in [-0.25, -0.2) is 9.48 Å². The van der Waals surface area contributed by atoms with Gasteiger partial charge in [-0.1, -0.05) is 18.2 Å². The van der Waals surface area contributed by atoms with Gasteiger partial charge in [0.15, 0.2) is 0 Å². The molecule has 3 rings (SSSR count). The number of aromatic carboxylic acids is 1. The quantitative estimate of drug-likeness (QED) is 0.756. The van der Waals surface area contributed by atoms with Crippen molar-refractivity contribution in [2.45, 2.75) is 13.1 Å². The van der Waals surface area contributed by atoms with E-state index in [2.05, 4.69) is 5.10 Å². The number of halogens is 3. The number of alkyl halides is 3. The van der Waals surface area contributed by atoms with E-state index in [0.29, 0.717) is 11.3 Å². The Morgan fingerprint density at radius 1 is 1.12 bits per heavy atom. The van der Waals surface area contributed by atoms with Crippen LogP contribution in [-0.2, 0) is 6.18 Å². The molecule has 0 aliphatic heterocycles. The molecule has 0 spiro atoms. The molecule has 0 aliphatic carbocycles. The summed E-state index contributed by atoms with van der Waals surface area (Å²) < 4.78 is 40.5. The Hall–Kier alpha value is -3.09. The van der Waals surface area contributed by atoms with Gasteiger partial charge in [0.25, 0.3) is 0 Å². The largest absolute Gasteiger partial charge is 0.478 e. The van der Waals surface area contributed by atoms with Crippen molar-refractivity contribution in [2.24, 2.45) is 0 Å². The summed E-state index contributed by atoms with van der Waals surface area (Å²) in [4.78, 5) is 11.0. The van der Waals surface area contributed by atoms with Crippen molar-refractivity contribution in [3.8, 4) is 16.9 Å². The number of aromatic nitrogens is 2. The average Bonchev–Trinajstić information content (AvgIpc) is 3.04. The van der Waals surface area contributed by atoms with Crippen LogP contribution in [-0.4, -0.2) is 20.9 Å². The molecule has 0 aliphatic rings. The molecule has 3 aromatic rings. The third-order valence-corrected chi connectivity index (χ3v) is 3.79. The van der Waals surface area contributed by atoms with E-state index in [0.717, 1.165) is 6.07 Å². The first-order valence-corrected chi connectivity index (χ1v) is 7.33. The van der Waals surface area contributed by atoms with Crippen LogP contribution in [0.3, 0.4) is 0 Å². The molecular formula is C18H13F3N2O2. The molecule has 0 radical (unpaired) electrons. The summed E-state index contributed by atoms with van der Waals surface area (Å²) in [6, 6.07) is 11.8. The predicted octanol–water partition coefficient (Wildman–Crippen LogP) is 4.56. The maximum absolute atomic E-state index is 13.0. The summed E-state index contributed by atoms with van der Waals surface area (Å²) in [6.45, 7) is 1.40. The zero-order valence-electron chi connectivity index (χ0n) is 13.1. The van der Waals surface area contributed by atoms with E-state index < -0.39 is 17.7 Å². The highest BCUT2D eigenvalue weighted by Gasteiger charge is 2.32. The van der Waals surface area contributed by atoms with E-state index in [9.17, 15) is 18.0 Å². The van der Waals surface area contributed by atoms with Crippen LogP contribution in [0.2, 0.25) is 0 Å². The second kappa shape index (κ2) is 6.08. The zero-order chi connectivity index (χ0) is 18.2. The van der Waals surface area contributed by atoms with Crippen LogP contribution in [0.25, 0.3) is 16.9 Å². The lowest BCUT2D eigenvalue weighted by Gasteiger charge is -2.12. The molecule has 1 heterocycles. The summed E-state index contributed by atoms with van der Waals surface area (Å²) in [5.41, 5.74) is 0.854. The summed E-state index contributed by atoms with van der Waals surface area (Å²) in [5.74, 6) is -1.06. The molecule has 128 valence electrons. The molecule has 0 atom stereocenters. The minimum atomic E-state index is -4.44. The highest BCUT2D eigenvalue weighted by molar-refractivity contribution is 5.89. The van der Waals surface area contributed by atoms with Gasteiger partial charge in [0.2, 0.25) is 0 Å². The fourth-order valence-corrected chi connectivity index (χ4v) is 2.49. The molecule has 25 heavy (non-hydrogen) atoms. The van der Waals surface area contributed by atoms with Crippen molar-refractivity contribution in [2.75, 3.05) is 0 Å². The molecule has 4 nitrogen and oxygen atoms in total. The highest BCUT2D eigenvalue weighted by atomic mass is 19.4. The molecule has 2 aromatic carbocycles. The van der Waals surface area contributed by atoms with Crippen LogP contribution < -0.4 is 0 Å². The van der Waals surface area contributed by atoms with Crippen molar-refractivity contribution < 1.29 is 23.1 Å². The highest BCUT2D eigenvalue weighted by Crippen LogP contribution is 2.33. The Labute approximate surface area is 141 Å². The van der Waals surface area contributed by atoms with E-state index in [4.69, 9.17) is 5.11 Å². The van der Waals surface area contributed by atoms with Gasteiger partial charge in [-0.2, -0.15) is 18.3 Å². The van der Waals surface area contributed by atoms with E-state index in [1.54, 1.807) is 24.3 Å². The van der Waals surface area contributed by atoms with Crippen molar-refractivity contribution in [1.82, 2.24) is 9.78 Å². The molecular weight excluding hydrogens is 333 g/mol. The van der Waals surface area contributed by atoms with Crippen LogP contribution in [0.5, 0.6) is 0 Å². The van der Waals surface area contributed by atoms with Gasteiger partial charge in [0.1, 0.15) is 0 Å². The summed E-state index contributed by atoms with van der Waals surface area (Å²) in [7, 11) is 0. The van der Waals surface area contributed by atoms with Crippen LogP contribution in [0.1, 0.15) is 21.5 Å². The van der Waals surface area contributed by atoms with E-state index in [1.807, 2.05) is 0 Å². The Morgan fingerprint density at radius 2 is 1.88 bits per heavy atom.